The van der Waals surface area contributed by atoms with Gasteiger partial charge in [-0.25, -0.2) is 4.98 Å². The lowest BCUT2D eigenvalue weighted by Crippen LogP contribution is -2.53. The van der Waals surface area contributed by atoms with E-state index >= 15 is 0 Å². The molecule has 3 aromatic rings. The smallest absolute Gasteiger partial charge is 0.273 e. The number of rotatable bonds is 4. The van der Waals surface area contributed by atoms with Crippen LogP contribution in [0.5, 0.6) is 0 Å². The quantitative estimate of drug-likeness (QED) is 0.677. The molecule has 3 heterocycles. The summed E-state index contributed by atoms with van der Waals surface area (Å²) in [5, 5.41) is 4.85. The van der Waals surface area contributed by atoms with Gasteiger partial charge in [0, 0.05) is 37.6 Å². The summed E-state index contributed by atoms with van der Waals surface area (Å²) in [4.78, 5) is 23.0. The number of benzene rings is 1. The first-order valence-corrected chi connectivity index (χ1v) is 10.5. The first-order chi connectivity index (χ1) is 12.7. The van der Waals surface area contributed by atoms with Crippen LogP contribution in [0.1, 0.15) is 23.0 Å². The Morgan fingerprint density at radius 3 is 2.73 bits per heavy atom. The highest BCUT2D eigenvalue weighted by Gasteiger charge is 2.29. The van der Waals surface area contributed by atoms with Crippen molar-refractivity contribution in [3.05, 3.63) is 64.5 Å². The van der Waals surface area contributed by atoms with Crippen molar-refractivity contribution >= 4 is 28.6 Å². The van der Waals surface area contributed by atoms with Crippen molar-refractivity contribution in [3.8, 4) is 9.88 Å². The van der Waals surface area contributed by atoms with Gasteiger partial charge in [-0.3, -0.25) is 9.69 Å². The van der Waals surface area contributed by atoms with E-state index in [9.17, 15) is 4.79 Å². The lowest BCUT2D eigenvalue weighted by molar-refractivity contribution is 0.0471. The molecular formula is C20H21N3OS2. The van der Waals surface area contributed by atoms with Gasteiger partial charge in [-0.2, -0.15) is 0 Å². The number of carbonyl (C=O) groups excluding carboxylic acids is 1. The number of hydrogen-bond donors (Lipinski definition) is 0. The SMILES string of the molecule is C[C@H]1CN(Cc2ccccc2)CCN1C(=O)c1csc(-c2cccs2)n1. The highest BCUT2D eigenvalue weighted by molar-refractivity contribution is 7.20. The number of thiophene rings is 1. The topological polar surface area (TPSA) is 36.4 Å². The van der Waals surface area contributed by atoms with Gasteiger partial charge in [0.05, 0.1) is 4.88 Å². The van der Waals surface area contributed by atoms with Crippen molar-refractivity contribution < 1.29 is 4.79 Å². The molecule has 4 rings (SSSR count). The summed E-state index contributed by atoms with van der Waals surface area (Å²) < 4.78 is 0. The van der Waals surface area contributed by atoms with Gasteiger partial charge in [-0.05, 0) is 23.9 Å². The molecule has 0 bridgehead atoms. The third kappa shape index (κ3) is 3.72. The van der Waals surface area contributed by atoms with Gasteiger partial charge in [0.2, 0.25) is 0 Å². The third-order valence-electron chi connectivity index (χ3n) is 4.68. The maximum Gasteiger partial charge on any atom is 0.273 e. The molecule has 1 saturated heterocycles. The maximum absolute atomic E-state index is 12.9. The van der Waals surface area contributed by atoms with Crippen molar-refractivity contribution in [3.63, 3.8) is 0 Å². The molecular weight excluding hydrogens is 362 g/mol. The molecule has 0 radical (unpaired) electrons. The molecule has 26 heavy (non-hydrogen) atoms. The van der Waals surface area contributed by atoms with E-state index in [4.69, 9.17) is 0 Å². The third-order valence-corrected chi connectivity index (χ3v) is 6.56. The first-order valence-electron chi connectivity index (χ1n) is 8.77. The summed E-state index contributed by atoms with van der Waals surface area (Å²) in [5.74, 6) is 0.0518. The van der Waals surface area contributed by atoms with Crippen molar-refractivity contribution in [2.45, 2.75) is 19.5 Å². The van der Waals surface area contributed by atoms with Crippen molar-refractivity contribution in [1.29, 1.82) is 0 Å². The van der Waals surface area contributed by atoms with Crippen LogP contribution in [-0.2, 0) is 6.54 Å². The Balaban J connectivity index is 1.40. The fraction of sp³-hybridized carbons (Fsp3) is 0.300. The molecule has 4 nitrogen and oxygen atoms in total. The van der Waals surface area contributed by atoms with Crippen LogP contribution in [0.2, 0.25) is 0 Å². The van der Waals surface area contributed by atoms with Crippen LogP contribution in [-0.4, -0.2) is 46.4 Å². The number of piperazine rings is 1. The van der Waals surface area contributed by atoms with Gasteiger partial charge in [0.25, 0.3) is 5.91 Å². The van der Waals surface area contributed by atoms with E-state index in [-0.39, 0.29) is 11.9 Å². The molecule has 2 aromatic heterocycles. The van der Waals surface area contributed by atoms with Gasteiger partial charge in [-0.15, -0.1) is 22.7 Å². The van der Waals surface area contributed by atoms with Crippen molar-refractivity contribution in [1.82, 2.24) is 14.8 Å². The number of carbonyl (C=O) groups is 1. The minimum Gasteiger partial charge on any atom is -0.332 e. The normalized spacial score (nSPS) is 18.2. The Labute approximate surface area is 161 Å². The summed E-state index contributed by atoms with van der Waals surface area (Å²) >= 11 is 3.20. The highest BCUT2D eigenvalue weighted by atomic mass is 32.1. The van der Waals surface area contributed by atoms with Crippen LogP contribution in [0.3, 0.4) is 0 Å². The van der Waals surface area contributed by atoms with Crippen LogP contribution in [0.15, 0.2) is 53.2 Å². The van der Waals surface area contributed by atoms with E-state index in [1.807, 2.05) is 33.9 Å². The van der Waals surface area contributed by atoms with E-state index < -0.39 is 0 Å². The molecule has 1 aromatic carbocycles. The lowest BCUT2D eigenvalue weighted by Gasteiger charge is -2.39. The van der Waals surface area contributed by atoms with E-state index in [1.165, 1.54) is 5.56 Å². The fourth-order valence-electron chi connectivity index (χ4n) is 3.35. The van der Waals surface area contributed by atoms with E-state index in [0.29, 0.717) is 5.69 Å². The molecule has 1 atom stereocenters. The Morgan fingerprint density at radius 1 is 1.15 bits per heavy atom. The Morgan fingerprint density at radius 2 is 2.00 bits per heavy atom. The monoisotopic (exact) mass is 383 g/mol. The number of aromatic nitrogens is 1. The van der Waals surface area contributed by atoms with Crippen LogP contribution in [0, 0.1) is 0 Å². The predicted octanol–water partition coefficient (Wildman–Crippen LogP) is 4.22. The summed E-state index contributed by atoms with van der Waals surface area (Å²) in [6.45, 7) is 5.60. The number of hydrogen-bond acceptors (Lipinski definition) is 5. The zero-order chi connectivity index (χ0) is 17.9. The van der Waals surface area contributed by atoms with E-state index in [2.05, 4.69) is 41.1 Å². The number of thiazole rings is 1. The molecule has 0 aliphatic carbocycles. The van der Waals surface area contributed by atoms with Crippen molar-refractivity contribution in [2.24, 2.45) is 0 Å². The van der Waals surface area contributed by atoms with Crippen LogP contribution in [0.4, 0.5) is 0 Å². The number of amides is 1. The average molecular weight is 384 g/mol. The number of nitrogens with zero attached hydrogens (tertiary/aromatic N) is 3. The molecule has 0 saturated carbocycles. The van der Waals surface area contributed by atoms with Crippen molar-refractivity contribution in [2.75, 3.05) is 19.6 Å². The molecule has 1 amide bonds. The van der Waals surface area contributed by atoms with Gasteiger partial charge in [-0.1, -0.05) is 36.4 Å². The standard InChI is InChI=1S/C20H21N3OS2/c1-15-12-22(13-16-6-3-2-4-7-16)9-10-23(15)20(24)17-14-26-19(21-17)18-8-5-11-25-18/h2-8,11,14-15H,9-10,12-13H2,1H3/t15-/m0/s1. The Bertz CT molecular complexity index is 860. The molecule has 1 aliphatic rings. The minimum absolute atomic E-state index is 0.0518. The highest BCUT2D eigenvalue weighted by Crippen LogP contribution is 2.28. The molecule has 0 N–H and O–H groups in total. The molecule has 0 unspecified atom stereocenters. The molecule has 6 heteroatoms. The van der Waals surface area contributed by atoms with Gasteiger partial charge < -0.3 is 4.90 Å². The second-order valence-electron chi connectivity index (χ2n) is 6.58. The van der Waals surface area contributed by atoms with E-state index in [0.717, 1.165) is 36.1 Å². The van der Waals surface area contributed by atoms with Crippen LogP contribution >= 0.6 is 22.7 Å². The maximum atomic E-state index is 12.9. The second-order valence-corrected chi connectivity index (χ2v) is 8.39. The Hall–Kier alpha value is -2.02. The van der Waals surface area contributed by atoms with Crippen LogP contribution in [0.25, 0.3) is 9.88 Å². The Kier molecular flexibility index (Phi) is 5.15. The fourth-order valence-corrected chi connectivity index (χ4v) is 4.96. The van der Waals surface area contributed by atoms with Crippen LogP contribution < -0.4 is 0 Å². The zero-order valence-corrected chi connectivity index (χ0v) is 16.3. The molecule has 1 fully saturated rings. The van der Waals surface area contributed by atoms with Gasteiger partial charge >= 0.3 is 0 Å². The summed E-state index contributed by atoms with van der Waals surface area (Å²) in [6, 6.07) is 14.7. The predicted molar refractivity (Wildman–Crippen MR) is 108 cm³/mol. The van der Waals surface area contributed by atoms with Gasteiger partial charge in [0.1, 0.15) is 10.7 Å². The largest absolute Gasteiger partial charge is 0.332 e. The second kappa shape index (κ2) is 7.70. The first kappa shape index (κ1) is 17.4. The molecule has 1 aliphatic heterocycles. The molecule has 0 spiro atoms. The summed E-state index contributed by atoms with van der Waals surface area (Å²) in [7, 11) is 0. The molecule has 134 valence electrons. The summed E-state index contributed by atoms with van der Waals surface area (Å²) in [6.07, 6.45) is 0. The zero-order valence-electron chi connectivity index (χ0n) is 14.7. The van der Waals surface area contributed by atoms with E-state index in [1.54, 1.807) is 22.7 Å². The minimum atomic E-state index is 0.0518. The summed E-state index contributed by atoms with van der Waals surface area (Å²) in [5.41, 5.74) is 1.89. The van der Waals surface area contributed by atoms with Gasteiger partial charge in [0.15, 0.2) is 0 Å². The lowest BCUT2D eigenvalue weighted by atomic mass is 10.1. The average Bonchev–Trinajstić information content (AvgIpc) is 3.34.